The molecule has 1 rings (SSSR count). The topological polar surface area (TPSA) is 25.8 Å². The van der Waals surface area contributed by atoms with E-state index in [2.05, 4.69) is 32.6 Å². The van der Waals surface area contributed by atoms with Crippen LogP contribution in [0.3, 0.4) is 0 Å². The van der Waals surface area contributed by atoms with Crippen molar-refractivity contribution in [2.24, 2.45) is 0 Å². The molecule has 0 radical (unpaired) electrons. The molecule has 1 heterocycles. The van der Waals surface area contributed by atoms with Crippen molar-refractivity contribution in [3.05, 3.63) is 21.3 Å². The standard InChI is InChI=1S/C6H7IN2/c1-4-3-6(7)9-5(2)8-4/h3H,1-2H3. The van der Waals surface area contributed by atoms with Gasteiger partial charge in [0.2, 0.25) is 0 Å². The maximum atomic E-state index is 4.12. The number of aryl methyl sites for hydroxylation is 2. The van der Waals surface area contributed by atoms with Crippen LogP contribution in [0.2, 0.25) is 0 Å². The summed E-state index contributed by atoms with van der Waals surface area (Å²) >= 11 is 2.18. The molecule has 0 aliphatic carbocycles. The smallest absolute Gasteiger partial charge is 0.126 e. The fourth-order valence-corrected chi connectivity index (χ4v) is 1.47. The average Bonchev–Trinajstić information content (AvgIpc) is 1.59. The molecule has 0 fully saturated rings. The summed E-state index contributed by atoms with van der Waals surface area (Å²) in [6.45, 7) is 3.87. The van der Waals surface area contributed by atoms with Gasteiger partial charge in [0.15, 0.2) is 0 Å². The van der Waals surface area contributed by atoms with Gasteiger partial charge in [0.1, 0.15) is 9.53 Å². The van der Waals surface area contributed by atoms with E-state index in [1.165, 1.54) is 0 Å². The van der Waals surface area contributed by atoms with Crippen molar-refractivity contribution in [1.29, 1.82) is 0 Å². The number of rotatable bonds is 0. The summed E-state index contributed by atoms with van der Waals surface area (Å²) in [6, 6.07) is 1.95. The van der Waals surface area contributed by atoms with E-state index in [1.54, 1.807) is 0 Å². The molecule has 48 valence electrons. The van der Waals surface area contributed by atoms with Gasteiger partial charge in [0, 0.05) is 5.69 Å². The third-order valence-electron chi connectivity index (χ3n) is 0.935. The lowest BCUT2D eigenvalue weighted by atomic mass is 10.4. The van der Waals surface area contributed by atoms with Crippen molar-refractivity contribution in [3.63, 3.8) is 0 Å². The van der Waals surface area contributed by atoms with Crippen LogP contribution < -0.4 is 0 Å². The number of aromatic nitrogens is 2. The highest BCUT2D eigenvalue weighted by molar-refractivity contribution is 14.1. The fraction of sp³-hybridized carbons (Fsp3) is 0.333. The second kappa shape index (κ2) is 2.60. The molecule has 3 heteroatoms. The molecule has 0 spiro atoms. The first-order valence-electron chi connectivity index (χ1n) is 2.66. The Bertz CT molecular complexity index is 172. The van der Waals surface area contributed by atoms with Gasteiger partial charge in [-0.05, 0) is 42.5 Å². The number of halogens is 1. The summed E-state index contributed by atoms with van der Waals surface area (Å²) in [5.41, 5.74) is 1.03. The molecule has 0 bridgehead atoms. The van der Waals surface area contributed by atoms with Gasteiger partial charge in [0.05, 0.1) is 0 Å². The monoisotopic (exact) mass is 234 g/mol. The van der Waals surface area contributed by atoms with E-state index < -0.39 is 0 Å². The van der Waals surface area contributed by atoms with Crippen molar-refractivity contribution >= 4 is 22.6 Å². The van der Waals surface area contributed by atoms with E-state index in [9.17, 15) is 0 Å². The van der Waals surface area contributed by atoms with Gasteiger partial charge in [0.25, 0.3) is 0 Å². The Hall–Kier alpha value is -0.190. The molecular weight excluding hydrogens is 227 g/mol. The Balaban J connectivity index is 3.17. The fourth-order valence-electron chi connectivity index (χ4n) is 0.672. The van der Waals surface area contributed by atoms with E-state index in [1.807, 2.05) is 19.9 Å². The Morgan fingerprint density at radius 1 is 1.33 bits per heavy atom. The van der Waals surface area contributed by atoms with Crippen LogP contribution in [-0.4, -0.2) is 9.97 Å². The quantitative estimate of drug-likeness (QED) is 0.504. The van der Waals surface area contributed by atoms with Gasteiger partial charge in [-0.2, -0.15) is 0 Å². The lowest BCUT2D eigenvalue weighted by molar-refractivity contribution is 0.991. The molecule has 1 aromatic rings. The number of hydrogen-bond acceptors (Lipinski definition) is 2. The third kappa shape index (κ3) is 1.89. The summed E-state index contributed by atoms with van der Waals surface area (Å²) in [7, 11) is 0. The summed E-state index contributed by atoms with van der Waals surface area (Å²) < 4.78 is 1.01. The zero-order chi connectivity index (χ0) is 6.85. The zero-order valence-corrected chi connectivity index (χ0v) is 7.51. The molecule has 0 unspecified atom stereocenters. The van der Waals surface area contributed by atoms with Crippen molar-refractivity contribution in [3.8, 4) is 0 Å². The molecular formula is C6H7IN2. The molecule has 0 saturated carbocycles. The summed E-state index contributed by atoms with van der Waals surface area (Å²) in [6.07, 6.45) is 0. The van der Waals surface area contributed by atoms with Crippen LogP contribution >= 0.6 is 22.6 Å². The molecule has 0 atom stereocenters. The van der Waals surface area contributed by atoms with Gasteiger partial charge in [-0.25, -0.2) is 9.97 Å². The first-order chi connectivity index (χ1) is 4.18. The summed E-state index contributed by atoms with van der Waals surface area (Å²) in [5, 5.41) is 0. The predicted octanol–water partition coefficient (Wildman–Crippen LogP) is 1.70. The molecule has 0 aliphatic rings. The predicted molar refractivity (Wildman–Crippen MR) is 44.2 cm³/mol. The minimum Gasteiger partial charge on any atom is -0.238 e. The van der Waals surface area contributed by atoms with Crippen LogP contribution in [0.1, 0.15) is 11.5 Å². The first kappa shape index (κ1) is 6.92. The molecule has 0 N–H and O–H groups in total. The van der Waals surface area contributed by atoms with Gasteiger partial charge in [-0.1, -0.05) is 0 Å². The van der Waals surface area contributed by atoms with Gasteiger partial charge >= 0.3 is 0 Å². The maximum absolute atomic E-state index is 4.12. The van der Waals surface area contributed by atoms with Crippen molar-refractivity contribution in [2.75, 3.05) is 0 Å². The van der Waals surface area contributed by atoms with E-state index in [-0.39, 0.29) is 0 Å². The van der Waals surface area contributed by atoms with Gasteiger partial charge in [-0.15, -0.1) is 0 Å². The molecule has 0 saturated heterocycles. The largest absolute Gasteiger partial charge is 0.238 e. The lowest BCUT2D eigenvalue weighted by Gasteiger charge is -1.93. The van der Waals surface area contributed by atoms with E-state index >= 15 is 0 Å². The van der Waals surface area contributed by atoms with Crippen LogP contribution in [0.5, 0.6) is 0 Å². The number of nitrogens with zero attached hydrogens (tertiary/aromatic N) is 2. The lowest BCUT2D eigenvalue weighted by Crippen LogP contribution is -1.91. The summed E-state index contributed by atoms with van der Waals surface area (Å²) in [4.78, 5) is 8.23. The van der Waals surface area contributed by atoms with Crippen molar-refractivity contribution < 1.29 is 0 Å². The van der Waals surface area contributed by atoms with Crippen LogP contribution in [0.25, 0.3) is 0 Å². The number of hydrogen-bond donors (Lipinski definition) is 0. The van der Waals surface area contributed by atoms with Crippen LogP contribution in [0.4, 0.5) is 0 Å². The highest BCUT2D eigenvalue weighted by Gasteiger charge is 1.91. The Morgan fingerprint density at radius 2 is 2.00 bits per heavy atom. The van der Waals surface area contributed by atoms with Crippen LogP contribution in [-0.2, 0) is 0 Å². The van der Waals surface area contributed by atoms with Crippen LogP contribution in [0, 0.1) is 17.5 Å². The molecule has 0 amide bonds. The molecule has 0 aromatic carbocycles. The second-order valence-electron chi connectivity index (χ2n) is 1.88. The minimum atomic E-state index is 0.847. The first-order valence-corrected chi connectivity index (χ1v) is 3.74. The molecule has 9 heavy (non-hydrogen) atoms. The van der Waals surface area contributed by atoms with E-state index in [0.717, 1.165) is 15.2 Å². The minimum absolute atomic E-state index is 0.847. The SMILES string of the molecule is Cc1cc(I)nc(C)n1. The van der Waals surface area contributed by atoms with E-state index in [4.69, 9.17) is 0 Å². The molecule has 0 aliphatic heterocycles. The van der Waals surface area contributed by atoms with Crippen molar-refractivity contribution in [2.45, 2.75) is 13.8 Å². The van der Waals surface area contributed by atoms with Crippen molar-refractivity contribution in [1.82, 2.24) is 9.97 Å². The van der Waals surface area contributed by atoms with Crippen LogP contribution in [0.15, 0.2) is 6.07 Å². The third-order valence-corrected chi connectivity index (χ3v) is 1.49. The highest BCUT2D eigenvalue weighted by Crippen LogP contribution is 2.01. The molecule has 1 aromatic heterocycles. The van der Waals surface area contributed by atoms with Gasteiger partial charge in [-0.3, -0.25) is 0 Å². The zero-order valence-electron chi connectivity index (χ0n) is 5.35. The summed E-state index contributed by atoms with van der Waals surface area (Å²) in [5.74, 6) is 0.847. The Morgan fingerprint density at radius 3 is 2.44 bits per heavy atom. The highest BCUT2D eigenvalue weighted by atomic mass is 127. The molecule has 2 nitrogen and oxygen atoms in total. The Kier molecular flexibility index (Phi) is 2.00. The second-order valence-corrected chi connectivity index (χ2v) is 2.98. The maximum Gasteiger partial charge on any atom is 0.126 e. The van der Waals surface area contributed by atoms with E-state index in [0.29, 0.717) is 0 Å². The average molecular weight is 234 g/mol. The Labute approximate surface area is 67.9 Å². The van der Waals surface area contributed by atoms with Gasteiger partial charge < -0.3 is 0 Å². The normalized spacial score (nSPS) is 9.67.